The third-order valence-corrected chi connectivity index (χ3v) is 6.24. The van der Waals surface area contributed by atoms with Crippen LogP contribution in [0.1, 0.15) is 29.2 Å². The van der Waals surface area contributed by atoms with Crippen LogP contribution in [-0.4, -0.2) is 49.3 Å². The Morgan fingerprint density at radius 1 is 0.897 bits per heavy atom. The van der Waals surface area contributed by atoms with Crippen LogP contribution >= 0.6 is 0 Å². The highest BCUT2D eigenvalue weighted by atomic mass is 19.1. The molecule has 0 bridgehead atoms. The number of aryl methyl sites for hydroxylation is 1. The van der Waals surface area contributed by atoms with Crippen molar-refractivity contribution in [1.29, 1.82) is 0 Å². The summed E-state index contributed by atoms with van der Waals surface area (Å²) in [5.74, 6) is -1.70. The first-order valence-electron chi connectivity index (χ1n) is 12.9. The number of nitrogens with one attached hydrogen (secondary N) is 3. The van der Waals surface area contributed by atoms with E-state index >= 15 is 0 Å². The van der Waals surface area contributed by atoms with Gasteiger partial charge in [0.25, 0.3) is 0 Å². The molecule has 0 saturated carbocycles. The fourth-order valence-electron chi connectivity index (χ4n) is 4.16. The van der Waals surface area contributed by atoms with Crippen molar-refractivity contribution in [3.8, 4) is 5.75 Å². The summed E-state index contributed by atoms with van der Waals surface area (Å²) in [6.45, 7) is 2.39. The first kappa shape index (κ1) is 29.7. The van der Waals surface area contributed by atoms with E-state index < -0.39 is 29.7 Å². The highest BCUT2D eigenvalue weighted by molar-refractivity contribution is 5.85. The molecule has 3 aromatic rings. The van der Waals surface area contributed by atoms with Gasteiger partial charge in [-0.25, -0.2) is 8.78 Å². The van der Waals surface area contributed by atoms with E-state index in [0.29, 0.717) is 12.3 Å². The zero-order chi connectivity index (χ0) is 28.2. The molecule has 208 valence electrons. The second-order valence-corrected chi connectivity index (χ2v) is 9.33. The van der Waals surface area contributed by atoms with Crippen LogP contribution < -0.4 is 20.7 Å². The molecule has 0 aliphatic heterocycles. The lowest BCUT2D eigenvalue weighted by Gasteiger charge is -2.25. The first-order valence-corrected chi connectivity index (χ1v) is 12.9. The lowest BCUT2D eigenvalue weighted by Crippen LogP contribution is -2.51. The average molecular weight is 540 g/mol. The quantitative estimate of drug-likeness (QED) is 0.252. The number of aliphatic hydroxyl groups is 1. The highest BCUT2D eigenvalue weighted by Gasteiger charge is 2.22. The molecule has 2 amide bonds. The molecule has 0 heterocycles. The number of aliphatic hydroxyl groups excluding tert-OH is 1. The number of methoxy groups -OCH3 is 1. The van der Waals surface area contributed by atoms with Crippen LogP contribution in [0.15, 0.2) is 66.7 Å². The predicted octanol–water partition coefficient (Wildman–Crippen LogP) is 3.07. The monoisotopic (exact) mass is 539 g/mol. The van der Waals surface area contributed by atoms with Crippen LogP contribution in [0, 0.1) is 11.6 Å². The van der Waals surface area contributed by atoms with Gasteiger partial charge in [0.15, 0.2) is 0 Å². The van der Waals surface area contributed by atoms with Gasteiger partial charge >= 0.3 is 0 Å². The topological polar surface area (TPSA) is 99.7 Å². The summed E-state index contributed by atoms with van der Waals surface area (Å²) in [4.78, 5) is 25.0. The van der Waals surface area contributed by atoms with Gasteiger partial charge in [-0.1, -0.05) is 43.3 Å². The largest absolute Gasteiger partial charge is 0.497 e. The number of amides is 2. The van der Waals surface area contributed by atoms with Crippen LogP contribution in [0.25, 0.3) is 0 Å². The van der Waals surface area contributed by atoms with E-state index in [1.807, 2.05) is 18.2 Å². The van der Waals surface area contributed by atoms with Crippen molar-refractivity contribution in [2.75, 3.05) is 20.2 Å². The summed E-state index contributed by atoms with van der Waals surface area (Å²) >= 11 is 0. The Kier molecular flexibility index (Phi) is 11.4. The molecule has 4 N–H and O–H groups in total. The normalized spacial score (nSPS) is 12.4. The van der Waals surface area contributed by atoms with E-state index in [0.717, 1.165) is 35.7 Å². The fraction of sp³-hybridized carbons (Fsp3) is 0.333. The van der Waals surface area contributed by atoms with E-state index in [9.17, 15) is 23.5 Å². The standard InChI is InChI=1S/C30H35F2N3O4/c1-3-20-5-4-6-22(11-20)17-33-18-28(36)27(14-23-12-24(31)16-25(32)13-23)35-30(38)19-34-29(37)15-21-7-9-26(39-2)10-8-21/h4-13,16,27-28,33,36H,3,14-15,17-19H2,1-2H3,(H,34,37)(H,35,38)/t27-,28+/m0/s1. The summed E-state index contributed by atoms with van der Waals surface area (Å²) in [5, 5.41) is 19.3. The fourth-order valence-corrected chi connectivity index (χ4v) is 4.16. The number of carbonyl (C=O) groups is 2. The van der Waals surface area contributed by atoms with Crippen molar-refractivity contribution < 1.29 is 28.2 Å². The number of ether oxygens (including phenoxy) is 1. The molecular weight excluding hydrogens is 504 g/mol. The van der Waals surface area contributed by atoms with Gasteiger partial charge in [0.2, 0.25) is 11.8 Å². The molecule has 3 rings (SSSR count). The third-order valence-electron chi connectivity index (χ3n) is 6.24. The number of benzene rings is 3. The molecule has 0 aromatic heterocycles. The smallest absolute Gasteiger partial charge is 0.239 e. The summed E-state index contributed by atoms with van der Waals surface area (Å²) in [5.41, 5.74) is 3.29. The average Bonchev–Trinajstić information content (AvgIpc) is 2.91. The molecule has 0 radical (unpaired) electrons. The minimum Gasteiger partial charge on any atom is -0.497 e. The lowest BCUT2D eigenvalue weighted by atomic mass is 10.0. The van der Waals surface area contributed by atoms with E-state index in [2.05, 4.69) is 28.9 Å². The molecule has 0 unspecified atom stereocenters. The first-order chi connectivity index (χ1) is 18.7. The number of hydrogen-bond acceptors (Lipinski definition) is 5. The van der Waals surface area contributed by atoms with Crippen LogP contribution in [0.2, 0.25) is 0 Å². The number of carbonyl (C=O) groups excluding carboxylic acids is 2. The predicted molar refractivity (Wildman–Crippen MR) is 145 cm³/mol. The van der Waals surface area contributed by atoms with Crippen LogP contribution in [0.3, 0.4) is 0 Å². The van der Waals surface area contributed by atoms with E-state index in [1.54, 1.807) is 31.4 Å². The van der Waals surface area contributed by atoms with Gasteiger partial charge < -0.3 is 25.8 Å². The van der Waals surface area contributed by atoms with Crippen LogP contribution in [0.5, 0.6) is 5.75 Å². The summed E-state index contributed by atoms with van der Waals surface area (Å²) < 4.78 is 32.6. The van der Waals surface area contributed by atoms with Gasteiger partial charge in [-0.05, 0) is 59.4 Å². The number of hydrogen-bond donors (Lipinski definition) is 4. The molecule has 2 atom stereocenters. The highest BCUT2D eigenvalue weighted by Crippen LogP contribution is 2.13. The molecular formula is C30H35F2N3O4. The van der Waals surface area contributed by atoms with Crippen molar-refractivity contribution >= 4 is 11.8 Å². The van der Waals surface area contributed by atoms with E-state index in [4.69, 9.17) is 4.74 Å². The molecule has 39 heavy (non-hydrogen) atoms. The Morgan fingerprint density at radius 2 is 1.59 bits per heavy atom. The molecule has 0 saturated heterocycles. The second kappa shape index (κ2) is 14.9. The van der Waals surface area contributed by atoms with Gasteiger partial charge in [0, 0.05) is 19.2 Å². The summed E-state index contributed by atoms with van der Waals surface area (Å²) in [6, 6.07) is 17.3. The Bertz CT molecular complexity index is 1220. The van der Waals surface area contributed by atoms with Gasteiger partial charge in [-0.3, -0.25) is 9.59 Å². The Hall–Kier alpha value is -3.82. The Balaban J connectivity index is 1.58. The Labute approximate surface area is 227 Å². The zero-order valence-corrected chi connectivity index (χ0v) is 22.2. The molecule has 3 aromatic carbocycles. The summed E-state index contributed by atoms with van der Waals surface area (Å²) in [6.07, 6.45) is -0.0842. The SMILES string of the molecule is CCc1cccc(CNC[C@@H](O)[C@H](Cc2cc(F)cc(F)c2)NC(=O)CNC(=O)Cc2ccc(OC)cc2)c1. The summed E-state index contributed by atoms with van der Waals surface area (Å²) in [7, 11) is 1.55. The number of rotatable bonds is 14. The van der Waals surface area contributed by atoms with Crippen LogP contribution in [0.4, 0.5) is 8.78 Å². The Morgan fingerprint density at radius 3 is 2.26 bits per heavy atom. The van der Waals surface area contributed by atoms with Crippen LogP contribution in [-0.2, 0) is 35.4 Å². The third kappa shape index (κ3) is 10.1. The maximum absolute atomic E-state index is 13.8. The van der Waals surface area contributed by atoms with Crippen molar-refractivity contribution in [3.63, 3.8) is 0 Å². The van der Waals surface area contributed by atoms with Gasteiger partial charge in [-0.15, -0.1) is 0 Å². The van der Waals surface area contributed by atoms with E-state index in [-0.39, 0.29) is 37.4 Å². The molecule has 9 heteroatoms. The van der Waals surface area contributed by atoms with E-state index in [1.165, 1.54) is 5.56 Å². The maximum Gasteiger partial charge on any atom is 0.239 e. The van der Waals surface area contributed by atoms with Crippen molar-refractivity contribution in [3.05, 3.63) is 101 Å². The maximum atomic E-state index is 13.8. The van der Waals surface area contributed by atoms with Crippen molar-refractivity contribution in [2.24, 2.45) is 0 Å². The number of halogens is 2. The van der Waals surface area contributed by atoms with Crippen molar-refractivity contribution in [2.45, 2.75) is 44.9 Å². The molecule has 0 fully saturated rings. The van der Waals surface area contributed by atoms with Gasteiger partial charge in [0.05, 0.1) is 32.2 Å². The zero-order valence-electron chi connectivity index (χ0n) is 22.2. The molecule has 0 aliphatic carbocycles. The minimum atomic E-state index is -1.07. The van der Waals surface area contributed by atoms with Gasteiger partial charge in [0.1, 0.15) is 17.4 Å². The lowest BCUT2D eigenvalue weighted by molar-refractivity contribution is -0.126. The second-order valence-electron chi connectivity index (χ2n) is 9.33. The molecule has 0 aliphatic rings. The minimum absolute atomic E-state index is 0.00557. The van der Waals surface area contributed by atoms with Gasteiger partial charge in [-0.2, -0.15) is 0 Å². The molecule has 0 spiro atoms. The molecule has 7 nitrogen and oxygen atoms in total. The van der Waals surface area contributed by atoms with Crippen molar-refractivity contribution in [1.82, 2.24) is 16.0 Å².